The van der Waals surface area contributed by atoms with Gasteiger partial charge in [0.05, 0.1) is 0 Å². The van der Waals surface area contributed by atoms with E-state index in [1.807, 2.05) is 17.0 Å². The fourth-order valence-electron chi connectivity index (χ4n) is 4.10. The van der Waals surface area contributed by atoms with E-state index in [-0.39, 0.29) is 22.8 Å². The third-order valence-corrected chi connectivity index (χ3v) is 6.24. The van der Waals surface area contributed by atoms with Crippen molar-refractivity contribution < 1.29 is 9.32 Å². The van der Waals surface area contributed by atoms with Gasteiger partial charge in [-0.1, -0.05) is 95.2 Å². The molecule has 1 fully saturated rings. The van der Waals surface area contributed by atoms with Gasteiger partial charge in [-0.2, -0.15) is 4.98 Å². The lowest BCUT2D eigenvalue weighted by Crippen LogP contribution is -2.27. The van der Waals surface area contributed by atoms with Gasteiger partial charge in [-0.3, -0.25) is 4.79 Å². The predicted octanol–water partition coefficient (Wildman–Crippen LogP) is 6.20. The van der Waals surface area contributed by atoms with Crippen molar-refractivity contribution in [2.45, 2.75) is 77.8 Å². The Morgan fingerprint density at radius 3 is 2.03 bits per heavy atom. The van der Waals surface area contributed by atoms with Gasteiger partial charge in [0.25, 0.3) is 0 Å². The van der Waals surface area contributed by atoms with Gasteiger partial charge in [0.2, 0.25) is 17.6 Å². The molecule has 1 aromatic heterocycles. The first kappa shape index (κ1) is 22.3. The normalized spacial score (nSPS) is 17.2. The molecule has 5 heteroatoms. The third kappa shape index (κ3) is 4.62. The van der Waals surface area contributed by atoms with Crippen molar-refractivity contribution in [1.29, 1.82) is 0 Å². The van der Waals surface area contributed by atoms with Gasteiger partial charge in [0.15, 0.2) is 0 Å². The molecule has 0 bridgehead atoms. The summed E-state index contributed by atoms with van der Waals surface area (Å²) in [4.78, 5) is 19.2. The molecule has 4 rings (SSSR count). The highest BCUT2D eigenvalue weighted by atomic mass is 16.5. The van der Waals surface area contributed by atoms with E-state index in [9.17, 15) is 4.79 Å². The van der Waals surface area contributed by atoms with Crippen LogP contribution in [0.15, 0.2) is 53.1 Å². The van der Waals surface area contributed by atoms with Crippen molar-refractivity contribution in [2.75, 3.05) is 0 Å². The SMILES string of the molecule is CC(C)(C)c1ccc(CN2C(=O)CCC2c2nc(-c3ccc(C(C)(C)C)cc3)no2)cc1. The fourth-order valence-corrected chi connectivity index (χ4v) is 4.10. The van der Waals surface area contributed by atoms with Crippen LogP contribution in [0.5, 0.6) is 0 Å². The molecule has 32 heavy (non-hydrogen) atoms. The van der Waals surface area contributed by atoms with Crippen LogP contribution < -0.4 is 0 Å². The molecule has 0 saturated carbocycles. The lowest BCUT2D eigenvalue weighted by atomic mass is 9.86. The highest BCUT2D eigenvalue weighted by Gasteiger charge is 2.36. The van der Waals surface area contributed by atoms with Gasteiger partial charge in [0.1, 0.15) is 6.04 Å². The number of rotatable bonds is 4. The maximum atomic E-state index is 12.6. The van der Waals surface area contributed by atoms with E-state index < -0.39 is 0 Å². The summed E-state index contributed by atoms with van der Waals surface area (Å²) in [5, 5.41) is 4.20. The van der Waals surface area contributed by atoms with Gasteiger partial charge >= 0.3 is 0 Å². The first-order valence-electron chi connectivity index (χ1n) is 11.4. The Labute approximate surface area is 190 Å². The average molecular weight is 432 g/mol. The summed E-state index contributed by atoms with van der Waals surface area (Å²) in [6.07, 6.45) is 1.20. The molecular weight excluding hydrogens is 398 g/mol. The van der Waals surface area contributed by atoms with Crippen LogP contribution in [-0.4, -0.2) is 20.9 Å². The van der Waals surface area contributed by atoms with Crippen molar-refractivity contribution >= 4 is 5.91 Å². The van der Waals surface area contributed by atoms with E-state index in [0.29, 0.717) is 31.1 Å². The van der Waals surface area contributed by atoms with E-state index >= 15 is 0 Å². The van der Waals surface area contributed by atoms with E-state index in [0.717, 1.165) is 11.1 Å². The van der Waals surface area contributed by atoms with E-state index in [1.54, 1.807) is 0 Å². The van der Waals surface area contributed by atoms with E-state index in [2.05, 4.69) is 88.1 Å². The van der Waals surface area contributed by atoms with Crippen LogP contribution in [0, 0.1) is 0 Å². The monoisotopic (exact) mass is 431 g/mol. The van der Waals surface area contributed by atoms with Gasteiger partial charge in [0, 0.05) is 18.5 Å². The van der Waals surface area contributed by atoms with Crippen molar-refractivity contribution in [2.24, 2.45) is 0 Å². The Morgan fingerprint density at radius 2 is 1.47 bits per heavy atom. The second-order valence-electron chi connectivity index (χ2n) is 10.8. The number of carbonyl (C=O) groups excluding carboxylic acids is 1. The number of nitrogens with zero attached hydrogens (tertiary/aromatic N) is 3. The Kier molecular flexibility index (Phi) is 5.70. The topological polar surface area (TPSA) is 59.2 Å². The summed E-state index contributed by atoms with van der Waals surface area (Å²) in [5.41, 5.74) is 4.77. The Bertz CT molecular complexity index is 1080. The quantitative estimate of drug-likeness (QED) is 0.494. The highest BCUT2D eigenvalue weighted by molar-refractivity contribution is 5.78. The molecule has 0 aliphatic carbocycles. The minimum atomic E-state index is -0.181. The molecule has 0 spiro atoms. The van der Waals surface area contributed by atoms with E-state index in [4.69, 9.17) is 4.52 Å². The first-order valence-corrected chi connectivity index (χ1v) is 11.4. The average Bonchev–Trinajstić information content (AvgIpc) is 3.35. The Hall–Kier alpha value is -2.95. The molecule has 2 heterocycles. The largest absolute Gasteiger partial charge is 0.337 e. The van der Waals surface area contributed by atoms with Crippen molar-refractivity contribution in [3.8, 4) is 11.4 Å². The zero-order valence-corrected chi connectivity index (χ0v) is 20.0. The molecule has 0 N–H and O–H groups in total. The minimum Gasteiger partial charge on any atom is -0.337 e. The number of aromatic nitrogens is 2. The number of amides is 1. The molecule has 1 aliphatic rings. The lowest BCUT2D eigenvalue weighted by Gasteiger charge is -2.23. The molecule has 3 aromatic rings. The van der Waals surface area contributed by atoms with Crippen LogP contribution in [0.3, 0.4) is 0 Å². The van der Waals surface area contributed by atoms with Crippen molar-refractivity contribution in [3.63, 3.8) is 0 Å². The van der Waals surface area contributed by atoms with Gasteiger partial charge < -0.3 is 9.42 Å². The number of hydrogen-bond acceptors (Lipinski definition) is 4. The first-order chi connectivity index (χ1) is 15.0. The lowest BCUT2D eigenvalue weighted by molar-refractivity contribution is -0.129. The summed E-state index contributed by atoms with van der Waals surface area (Å²) in [6, 6.07) is 16.6. The highest BCUT2D eigenvalue weighted by Crippen LogP contribution is 2.35. The molecule has 0 radical (unpaired) electrons. The molecule has 5 nitrogen and oxygen atoms in total. The van der Waals surface area contributed by atoms with Gasteiger partial charge in [-0.15, -0.1) is 0 Å². The van der Waals surface area contributed by atoms with Crippen LogP contribution in [0.25, 0.3) is 11.4 Å². The zero-order valence-electron chi connectivity index (χ0n) is 20.0. The number of hydrogen-bond donors (Lipinski definition) is 0. The second kappa shape index (κ2) is 8.19. The summed E-state index contributed by atoms with van der Waals surface area (Å²) in [6.45, 7) is 13.7. The van der Waals surface area contributed by atoms with Gasteiger partial charge in [-0.05, 0) is 33.9 Å². The maximum absolute atomic E-state index is 12.6. The number of benzene rings is 2. The molecule has 1 unspecified atom stereocenters. The number of carbonyl (C=O) groups is 1. The molecule has 1 saturated heterocycles. The summed E-state index contributed by atoms with van der Waals surface area (Å²) >= 11 is 0. The summed E-state index contributed by atoms with van der Waals surface area (Å²) in [7, 11) is 0. The van der Waals surface area contributed by atoms with Crippen LogP contribution in [0.2, 0.25) is 0 Å². The molecule has 1 atom stereocenters. The maximum Gasteiger partial charge on any atom is 0.249 e. The van der Waals surface area contributed by atoms with Crippen molar-refractivity contribution in [1.82, 2.24) is 15.0 Å². The number of likely N-dealkylation sites (tertiary alicyclic amines) is 1. The van der Waals surface area contributed by atoms with E-state index in [1.165, 1.54) is 11.1 Å². The van der Waals surface area contributed by atoms with Crippen LogP contribution >= 0.6 is 0 Å². The second-order valence-corrected chi connectivity index (χ2v) is 10.8. The molecular formula is C27H33N3O2. The molecule has 1 amide bonds. The van der Waals surface area contributed by atoms with Crippen LogP contribution in [-0.2, 0) is 22.2 Å². The summed E-state index contributed by atoms with van der Waals surface area (Å²) in [5.74, 6) is 1.20. The van der Waals surface area contributed by atoms with Crippen LogP contribution in [0.4, 0.5) is 0 Å². The standard InChI is InChI=1S/C27H33N3O2/c1-26(2,3)20-11-7-18(8-12-20)17-30-22(15-16-23(30)31)25-28-24(29-32-25)19-9-13-21(14-10-19)27(4,5)6/h7-14,22H,15-17H2,1-6H3. The molecule has 2 aromatic carbocycles. The predicted molar refractivity (Wildman–Crippen MR) is 126 cm³/mol. The zero-order chi connectivity index (χ0) is 23.1. The smallest absolute Gasteiger partial charge is 0.249 e. The Balaban J connectivity index is 1.52. The Morgan fingerprint density at radius 1 is 0.906 bits per heavy atom. The fraction of sp³-hybridized carbons (Fsp3) is 0.444. The molecule has 168 valence electrons. The minimum absolute atomic E-state index is 0.0940. The molecule has 1 aliphatic heterocycles. The van der Waals surface area contributed by atoms with Crippen LogP contribution in [0.1, 0.15) is 83.0 Å². The summed E-state index contributed by atoms with van der Waals surface area (Å²) < 4.78 is 5.63. The van der Waals surface area contributed by atoms with Crippen molar-refractivity contribution in [3.05, 3.63) is 71.1 Å². The third-order valence-electron chi connectivity index (χ3n) is 6.24. The van der Waals surface area contributed by atoms with Gasteiger partial charge in [-0.25, -0.2) is 0 Å².